The molecule has 0 radical (unpaired) electrons. The van der Waals surface area contributed by atoms with E-state index in [1.807, 2.05) is 12.1 Å². The number of aromatic amines is 1. The topological polar surface area (TPSA) is 37.8 Å². The molecule has 0 aliphatic carbocycles. The van der Waals surface area contributed by atoms with Crippen molar-refractivity contribution in [3.63, 3.8) is 0 Å². The van der Waals surface area contributed by atoms with Crippen molar-refractivity contribution in [1.29, 1.82) is 0 Å². The number of hydrogen-bond donors (Lipinski definition) is 1. The Morgan fingerprint density at radius 3 is 2.40 bits per heavy atom. The maximum absolute atomic E-state index is 12.6. The van der Waals surface area contributed by atoms with Crippen molar-refractivity contribution in [3.8, 4) is 11.1 Å². The van der Waals surface area contributed by atoms with Crippen molar-refractivity contribution in [2.24, 2.45) is 0 Å². The molecule has 0 saturated heterocycles. The highest BCUT2D eigenvalue weighted by atomic mass is 16.1. The number of aryl methyl sites for hydroxylation is 3. The van der Waals surface area contributed by atoms with Crippen molar-refractivity contribution >= 4 is 0 Å². The van der Waals surface area contributed by atoms with Gasteiger partial charge < -0.3 is 0 Å². The molecule has 1 heterocycles. The van der Waals surface area contributed by atoms with E-state index >= 15 is 0 Å². The van der Waals surface area contributed by atoms with Gasteiger partial charge in [0.1, 0.15) is 0 Å². The standard InChI is InChI=1S/C17H24N2O/c1-4-6-7-15-16(14-10-8-13(3)9-11-14)17(20)19(18-15)12-5-2/h8-11,18H,4-7,12H2,1-3H3. The van der Waals surface area contributed by atoms with Crippen molar-refractivity contribution in [3.05, 3.63) is 45.9 Å². The second-order valence-corrected chi connectivity index (χ2v) is 5.39. The third-order valence-electron chi connectivity index (χ3n) is 3.60. The second kappa shape index (κ2) is 6.60. The third-order valence-corrected chi connectivity index (χ3v) is 3.60. The summed E-state index contributed by atoms with van der Waals surface area (Å²) in [6.07, 6.45) is 4.13. The van der Waals surface area contributed by atoms with Crippen LogP contribution in [-0.4, -0.2) is 9.78 Å². The van der Waals surface area contributed by atoms with E-state index in [9.17, 15) is 4.79 Å². The summed E-state index contributed by atoms with van der Waals surface area (Å²) in [5, 5.41) is 3.30. The molecule has 20 heavy (non-hydrogen) atoms. The predicted octanol–water partition coefficient (Wildman–Crippen LogP) is 3.90. The number of aromatic nitrogens is 2. The number of H-pyrrole nitrogens is 1. The summed E-state index contributed by atoms with van der Waals surface area (Å²) in [6, 6.07) is 8.22. The molecular formula is C17H24N2O. The largest absolute Gasteiger partial charge is 0.299 e. The van der Waals surface area contributed by atoms with E-state index in [0.29, 0.717) is 0 Å². The quantitative estimate of drug-likeness (QED) is 0.850. The fraction of sp³-hybridized carbons (Fsp3) is 0.471. The summed E-state index contributed by atoms with van der Waals surface area (Å²) in [5.41, 5.74) is 4.29. The van der Waals surface area contributed by atoms with Crippen LogP contribution in [0.2, 0.25) is 0 Å². The minimum atomic E-state index is 0.113. The summed E-state index contributed by atoms with van der Waals surface area (Å²) in [5.74, 6) is 0. The Morgan fingerprint density at radius 2 is 1.80 bits per heavy atom. The molecular weight excluding hydrogens is 248 g/mol. The zero-order chi connectivity index (χ0) is 14.5. The number of hydrogen-bond acceptors (Lipinski definition) is 1. The number of rotatable bonds is 6. The van der Waals surface area contributed by atoms with E-state index in [1.54, 1.807) is 4.68 Å². The smallest absolute Gasteiger partial charge is 0.274 e. The molecule has 0 bridgehead atoms. The summed E-state index contributed by atoms with van der Waals surface area (Å²) in [6.45, 7) is 7.08. The average Bonchev–Trinajstić information content (AvgIpc) is 2.75. The zero-order valence-corrected chi connectivity index (χ0v) is 12.7. The molecule has 0 fully saturated rings. The fourth-order valence-corrected chi connectivity index (χ4v) is 2.47. The van der Waals surface area contributed by atoms with Crippen LogP contribution in [0.4, 0.5) is 0 Å². The SMILES string of the molecule is CCCCc1[nH]n(CCC)c(=O)c1-c1ccc(C)cc1. The van der Waals surface area contributed by atoms with Gasteiger partial charge in [0.2, 0.25) is 0 Å². The zero-order valence-electron chi connectivity index (χ0n) is 12.7. The predicted molar refractivity (Wildman–Crippen MR) is 84.1 cm³/mol. The van der Waals surface area contributed by atoms with Crippen LogP contribution in [0.1, 0.15) is 44.4 Å². The van der Waals surface area contributed by atoms with Crippen molar-refractivity contribution in [2.75, 3.05) is 0 Å². The molecule has 0 spiro atoms. The Bertz CT molecular complexity index is 605. The highest BCUT2D eigenvalue weighted by molar-refractivity contribution is 5.65. The Kier molecular flexibility index (Phi) is 4.83. The second-order valence-electron chi connectivity index (χ2n) is 5.39. The molecule has 1 aromatic heterocycles. The van der Waals surface area contributed by atoms with Gasteiger partial charge in [-0.1, -0.05) is 50.1 Å². The van der Waals surface area contributed by atoms with Crippen molar-refractivity contribution in [1.82, 2.24) is 9.78 Å². The molecule has 3 heteroatoms. The first-order valence-electron chi connectivity index (χ1n) is 7.56. The van der Waals surface area contributed by atoms with Crippen LogP contribution in [0.15, 0.2) is 29.1 Å². The number of nitrogens with one attached hydrogen (secondary N) is 1. The van der Waals surface area contributed by atoms with Gasteiger partial charge in [-0.15, -0.1) is 0 Å². The molecule has 108 valence electrons. The number of unbranched alkanes of at least 4 members (excludes halogenated alkanes) is 1. The lowest BCUT2D eigenvalue weighted by Gasteiger charge is -2.02. The van der Waals surface area contributed by atoms with Gasteiger partial charge in [0.15, 0.2) is 0 Å². The third kappa shape index (κ3) is 3.03. The average molecular weight is 272 g/mol. The summed E-state index contributed by atoms with van der Waals surface area (Å²) >= 11 is 0. The molecule has 0 saturated carbocycles. The first-order chi connectivity index (χ1) is 9.67. The minimum Gasteiger partial charge on any atom is -0.299 e. The molecule has 0 unspecified atom stereocenters. The fourth-order valence-electron chi connectivity index (χ4n) is 2.47. The maximum Gasteiger partial charge on any atom is 0.274 e. The van der Waals surface area contributed by atoms with Gasteiger partial charge in [-0.3, -0.25) is 14.6 Å². The molecule has 0 amide bonds. The molecule has 2 aromatic rings. The van der Waals surface area contributed by atoms with Crippen LogP contribution < -0.4 is 5.56 Å². The van der Waals surface area contributed by atoms with Gasteiger partial charge in [-0.05, 0) is 31.7 Å². The van der Waals surface area contributed by atoms with E-state index in [4.69, 9.17) is 0 Å². The van der Waals surface area contributed by atoms with Crippen LogP contribution in [0.25, 0.3) is 11.1 Å². The van der Waals surface area contributed by atoms with Crippen LogP contribution in [0.3, 0.4) is 0 Å². The molecule has 1 aromatic carbocycles. The van der Waals surface area contributed by atoms with E-state index in [2.05, 4.69) is 38.0 Å². The monoisotopic (exact) mass is 272 g/mol. The molecule has 1 N–H and O–H groups in total. The van der Waals surface area contributed by atoms with E-state index in [-0.39, 0.29) is 5.56 Å². The van der Waals surface area contributed by atoms with Crippen LogP contribution >= 0.6 is 0 Å². The van der Waals surface area contributed by atoms with Gasteiger partial charge in [0.25, 0.3) is 5.56 Å². The summed E-state index contributed by atoms with van der Waals surface area (Å²) in [7, 11) is 0. The Morgan fingerprint density at radius 1 is 1.10 bits per heavy atom. The Balaban J connectivity index is 2.47. The lowest BCUT2D eigenvalue weighted by Crippen LogP contribution is -2.17. The van der Waals surface area contributed by atoms with Gasteiger partial charge in [0.05, 0.1) is 5.56 Å². The molecule has 0 aliphatic heterocycles. The lowest BCUT2D eigenvalue weighted by atomic mass is 10.0. The van der Waals surface area contributed by atoms with Gasteiger partial charge in [-0.25, -0.2) is 0 Å². The maximum atomic E-state index is 12.6. The van der Waals surface area contributed by atoms with Crippen molar-refractivity contribution in [2.45, 2.75) is 53.0 Å². The minimum absolute atomic E-state index is 0.113. The van der Waals surface area contributed by atoms with Gasteiger partial charge in [-0.2, -0.15) is 0 Å². The Hall–Kier alpha value is -1.77. The number of benzene rings is 1. The van der Waals surface area contributed by atoms with E-state index < -0.39 is 0 Å². The number of nitrogens with zero attached hydrogens (tertiary/aromatic N) is 1. The van der Waals surface area contributed by atoms with Gasteiger partial charge in [0, 0.05) is 12.2 Å². The van der Waals surface area contributed by atoms with Crippen LogP contribution in [0, 0.1) is 6.92 Å². The van der Waals surface area contributed by atoms with E-state index in [0.717, 1.165) is 49.0 Å². The molecule has 0 atom stereocenters. The first-order valence-corrected chi connectivity index (χ1v) is 7.56. The first kappa shape index (κ1) is 14.6. The van der Waals surface area contributed by atoms with Crippen molar-refractivity contribution < 1.29 is 0 Å². The highest BCUT2D eigenvalue weighted by Gasteiger charge is 2.15. The van der Waals surface area contributed by atoms with Crippen LogP contribution in [0.5, 0.6) is 0 Å². The lowest BCUT2D eigenvalue weighted by molar-refractivity contribution is 0.575. The summed E-state index contributed by atoms with van der Waals surface area (Å²) < 4.78 is 1.75. The van der Waals surface area contributed by atoms with Crippen LogP contribution in [-0.2, 0) is 13.0 Å². The molecule has 0 aliphatic rings. The molecule has 3 nitrogen and oxygen atoms in total. The highest BCUT2D eigenvalue weighted by Crippen LogP contribution is 2.21. The van der Waals surface area contributed by atoms with Gasteiger partial charge >= 0.3 is 0 Å². The molecule has 2 rings (SSSR count). The summed E-state index contributed by atoms with van der Waals surface area (Å²) in [4.78, 5) is 12.6. The normalized spacial score (nSPS) is 10.9. The Labute approximate surface area is 120 Å². The van der Waals surface area contributed by atoms with E-state index in [1.165, 1.54) is 5.56 Å².